The summed E-state index contributed by atoms with van der Waals surface area (Å²) in [4.78, 5) is 24.5. The number of carbonyl (C=O) groups is 2. The lowest BCUT2D eigenvalue weighted by molar-refractivity contribution is 0.0949. The van der Waals surface area contributed by atoms with Crippen molar-refractivity contribution in [3.05, 3.63) is 46.7 Å². The molecule has 1 fully saturated rings. The van der Waals surface area contributed by atoms with Crippen LogP contribution in [0.15, 0.2) is 30.6 Å². The van der Waals surface area contributed by atoms with Gasteiger partial charge in [0, 0.05) is 25.0 Å². The van der Waals surface area contributed by atoms with E-state index in [-0.39, 0.29) is 17.9 Å². The van der Waals surface area contributed by atoms with Gasteiger partial charge in [0.2, 0.25) is 0 Å². The van der Waals surface area contributed by atoms with Crippen LogP contribution in [0.4, 0.5) is 5.69 Å². The second kappa shape index (κ2) is 7.67. The third-order valence-electron chi connectivity index (χ3n) is 3.80. The maximum atomic E-state index is 12.3. The molecule has 0 spiro atoms. The number of rotatable bonds is 7. The molecule has 1 saturated carbocycles. The van der Waals surface area contributed by atoms with Crippen molar-refractivity contribution in [3.63, 3.8) is 0 Å². The molecule has 3 rings (SSSR count). The molecule has 25 heavy (non-hydrogen) atoms. The van der Waals surface area contributed by atoms with Gasteiger partial charge in [0.15, 0.2) is 0 Å². The number of amides is 2. The molecule has 0 unspecified atom stereocenters. The van der Waals surface area contributed by atoms with Crippen LogP contribution >= 0.6 is 11.6 Å². The van der Waals surface area contributed by atoms with Gasteiger partial charge in [-0.05, 0) is 31.0 Å². The molecule has 1 aromatic carbocycles. The fraction of sp³-hybridized carbons (Fsp3) is 0.353. The van der Waals surface area contributed by atoms with Gasteiger partial charge in [0.05, 0.1) is 35.5 Å². The maximum Gasteiger partial charge on any atom is 0.258 e. The Morgan fingerprint density at radius 3 is 2.88 bits per heavy atom. The zero-order chi connectivity index (χ0) is 17.8. The Kier molecular flexibility index (Phi) is 5.35. The summed E-state index contributed by atoms with van der Waals surface area (Å²) in [5.41, 5.74) is 1.28. The van der Waals surface area contributed by atoms with Crippen molar-refractivity contribution in [1.82, 2.24) is 15.1 Å². The minimum absolute atomic E-state index is 0.226. The molecule has 8 heteroatoms. The van der Waals surface area contributed by atoms with Gasteiger partial charge in [-0.1, -0.05) is 11.6 Å². The second-order valence-corrected chi connectivity index (χ2v) is 6.29. The summed E-state index contributed by atoms with van der Waals surface area (Å²) in [5, 5.41) is 10.1. The van der Waals surface area contributed by atoms with Crippen molar-refractivity contribution in [2.45, 2.75) is 25.4 Å². The van der Waals surface area contributed by atoms with E-state index < -0.39 is 0 Å². The fourth-order valence-corrected chi connectivity index (χ4v) is 2.46. The summed E-state index contributed by atoms with van der Waals surface area (Å²) >= 11 is 6.10. The van der Waals surface area contributed by atoms with E-state index in [1.165, 1.54) is 6.20 Å². The van der Waals surface area contributed by atoms with E-state index in [9.17, 15) is 9.59 Å². The predicted molar refractivity (Wildman–Crippen MR) is 94.0 cm³/mol. The lowest BCUT2D eigenvalue weighted by Gasteiger charge is -2.09. The van der Waals surface area contributed by atoms with Crippen LogP contribution in [0.1, 0.15) is 33.6 Å². The molecule has 0 aliphatic heterocycles. The first-order valence-electron chi connectivity index (χ1n) is 8.00. The SMILES string of the molecule is COCCn1cc(C(=O)Nc2ccc(Cl)c(C(=O)NC3CC3)c2)cn1. The van der Waals surface area contributed by atoms with Crippen molar-refractivity contribution in [3.8, 4) is 0 Å². The average molecular weight is 363 g/mol. The van der Waals surface area contributed by atoms with E-state index in [1.54, 1.807) is 36.2 Å². The van der Waals surface area contributed by atoms with Gasteiger partial charge in [-0.15, -0.1) is 0 Å². The van der Waals surface area contributed by atoms with Crippen LogP contribution in [0.5, 0.6) is 0 Å². The number of anilines is 1. The summed E-state index contributed by atoms with van der Waals surface area (Å²) in [6.07, 6.45) is 5.12. The van der Waals surface area contributed by atoms with E-state index >= 15 is 0 Å². The molecule has 1 aromatic heterocycles. The fourth-order valence-electron chi connectivity index (χ4n) is 2.26. The van der Waals surface area contributed by atoms with Crippen molar-refractivity contribution in [2.24, 2.45) is 0 Å². The number of nitrogens with zero attached hydrogens (tertiary/aromatic N) is 2. The molecule has 0 saturated heterocycles. The van der Waals surface area contributed by atoms with E-state index in [0.717, 1.165) is 12.8 Å². The summed E-state index contributed by atoms with van der Waals surface area (Å²) in [7, 11) is 1.61. The minimum Gasteiger partial charge on any atom is -0.383 e. The number of methoxy groups -OCH3 is 1. The van der Waals surface area contributed by atoms with E-state index in [4.69, 9.17) is 16.3 Å². The molecule has 2 amide bonds. The molecular formula is C17H19ClN4O3. The van der Waals surface area contributed by atoms with Crippen molar-refractivity contribution in [2.75, 3.05) is 19.0 Å². The van der Waals surface area contributed by atoms with Gasteiger partial charge in [-0.2, -0.15) is 5.10 Å². The van der Waals surface area contributed by atoms with E-state index in [1.807, 2.05) is 0 Å². The monoisotopic (exact) mass is 362 g/mol. The lowest BCUT2D eigenvalue weighted by atomic mass is 10.1. The van der Waals surface area contributed by atoms with Crippen LogP contribution in [-0.4, -0.2) is 41.4 Å². The standard InChI is InChI=1S/C17H19ClN4O3/c1-25-7-6-22-10-11(9-19-22)16(23)21-13-4-5-15(18)14(8-13)17(24)20-12-2-3-12/h4-5,8-10,12H,2-3,6-7H2,1H3,(H,20,24)(H,21,23). The highest BCUT2D eigenvalue weighted by atomic mass is 35.5. The van der Waals surface area contributed by atoms with Crippen LogP contribution in [0, 0.1) is 0 Å². The first kappa shape index (κ1) is 17.4. The molecule has 7 nitrogen and oxygen atoms in total. The van der Waals surface area contributed by atoms with Gasteiger partial charge in [0.1, 0.15) is 0 Å². The highest BCUT2D eigenvalue weighted by Gasteiger charge is 2.25. The molecule has 2 aromatic rings. The molecule has 0 radical (unpaired) electrons. The Hall–Kier alpha value is -2.38. The van der Waals surface area contributed by atoms with Gasteiger partial charge in [-0.25, -0.2) is 0 Å². The summed E-state index contributed by atoms with van der Waals surface area (Å²) < 4.78 is 6.61. The second-order valence-electron chi connectivity index (χ2n) is 5.88. The molecule has 1 aliphatic rings. The normalized spacial score (nSPS) is 13.5. The van der Waals surface area contributed by atoms with Gasteiger partial charge >= 0.3 is 0 Å². The zero-order valence-corrected chi connectivity index (χ0v) is 14.5. The maximum absolute atomic E-state index is 12.3. The molecule has 0 bridgehead atoms. The van der Waals surface area contributed by atoms with Crippen molar-refractivity contribution < 1.29 is 14.3 Å². The third-order valence-corrected chi connectivity index (χ3v) is 4.13. The summed E-state index contributed by atoms with van der Waals surface area (Å²) in [6.45, 7) is 1.08. The molecule has 132 valence electrons. The smallest absolute Gasteiger partial charge is 0.258 e. The van der Waals surface area contributed by atoms with Crippen LogP contribution < -0.4 is 10.6 Å². The van der Waals surface area contributed by atoms with Gasteiger partial charge in [-0.3, -0.25) is 14.3 Å². The minimum atomic E-state index is -0.306. The number of carbonyl (C=O) groups excluding carboxylic acids is 2. The molecule has 1 aliphatic carbocycles. The first-order valence-corrected chi connectivity index (χ1v) is 8.38. The lowest BCUT2D eigenvalue weighted by Crippen LogP contribution is -2.25. The van der Waals surface area contributed by atoms with E-state index in [0.29, 0.717) is 35.0 Å². The van der Waals surface area contributed by atoms with Crippen LogP contribution in [-0.2, 0) is 11.3 Å². The average Bonchev–Trinajstić information content (AvgIpc) is 3.28. The number of aromatic nitrogens is 2. The Morgan fingerprint density at radius 2 is 2.16 bits per heavy atom. The number of benzene rings is 1. The van der Waals surface area contributed by atoms with Crippen molar-refractivity contribution in [1.29, 1.82) is 0 Å². The van der Waals surface area contributed by atoms with E-state index in [2.05, 4.69) is 15.7 Å². The summed E-state index contributed by atoms with van der Waals surface area (Å²) in [5.74, 6) is -0.532. The van der Waals surface area contributed by atoms with Crippen LogP contribution in [0.2, 0.25) is 5.02 Å². The Morgan fingerprint density at radius 1 is 1.36 bits per heavy atom. The Bertz CT molecular complexity index is 786. The predicted octanol–water partition coefficient (Wildman–Crippen LogP) is 2.33. The molecule has 2 N–H and O–H groups in total. The highest BCUT2D eigenvalue weighted by Crippen LogP contribution is 2.24. The van der Waals surface area contributed by atoms with Gasteiger partial charge in [0.25, 0.3) is 11.8 Å². The van der Waals surface area contributed by atoms with Crippen LogP contribution in [0.3, 0.4) is 0 Å². The first-order chi connectivity index (χ1) is 12.1. The zero-order valence-electron chi connectivity index (χ0n) is 13.8. The topological polar surface area (TPSA) is 85.2 Å². The highest BCUT2D eigenvalue weighted by molar-refractivity contribution is 6.34. The number of hydrogen-bond donors (Lipinski definition) is 2. The summed E-state index contributed by atoms with van der Waals surface area (Å²) in [6, 6.07) is 5.07. The largest absolute Gasteiger partial charge is 0.383 e. The number of hydrogen-bond acceptors (Lipinski definition) is 4. The number of halogens is 1. The third kappa shape index (κ3) is 4.58. The number of ether oxygens (including phenoxy) is 1. The Balaban J connectivity index is 1.68. The van der Waals surface area contributed by atoms with Gasteiger partial charge < -0.3 is 15.4 Å². The van der Waals surface area contributed by atoms with Crippen LogP contribution in [0.25, 0.3) is 0 Å². The molecule has 0 atom stereocenters. The quantitative estimate of drug-likeness (QED) is 0.791. The molecular weight excluding hydrogens is 344 g/mol. The Labute approximate surface area is 150 Å². The number of nitrogens with one attached hydrogen (secondary N) is 2. The van der Waals surface area contributed by atoms with Crippen molar-refractivity contribution >= 4 is 29.1 Å². The molecule has 1 heterocycles.